The number of anilines is 1. The van der Waals surface area contributed by atoms with Crippen LogP contribution in [0.25, 0.3) is 0 Å². The van der Waals surface area contributed by atoms with Gasteiger partial charge in [-0.05, 0) is 31.0 Å². The van der Waals surface area contributed by atoms with E-state index in [1.807, 2.05) is 11.8 Å². The summed E-state index contributed by atoms with van der Waals surface area (Å²) in [5.41, 5.74) is 5.50. The normalized spacial score (nSPS) is 20.3. The Morgan fingerprint density at radius 3 is 2.53 bits per heavy atom. The van der Waals surface area contributed by atoms with E-state index >= 15 is 0 Å². The molecular weight excluding hydrogens is 229 g/mol. The molecule has 2 rings (SSSR count). The van der Waals surface area contributed by atoms with Crippen LogP contribution in [0.15, 0.2) is 18.2 Å². The number of nitrogens with zero attached hydrogens (tertiary/aromatic N) is 1. The first kappa shape index (κ1) is 12.2. The van der Waals surface area contributed by atoms with Gasteiger partial charge in [0.25, 0.3) is 0 Å². The number of hydrogen-bond donors (Lipinski definition) is 1. The van der Waals surface area contributed by atoms with Crippen molar-refractivity contribution < 1.29 is 13.2 Å². The van der Waals surface area contributed by atoms with Gasteiger partial charge in [-0.1, -0.05) is 6.07 Å². The maximum atomic E-state index is 12.8. The maximum Gasteiger partial charge on any atom is 0.416 e. The number of rotatable bonds is 2. The van der Waals surface area contributed by atoms with Crippen molar-refractivity contribution in [2.45, 2.75) is 32.1 Å². The van der Waals surface area contributed by atoms with Crippen molar-refractivity contribution in [3.05, 3.63) is 29.3 Å². The molecule has 0 aliphatic carbocycles. The lowest BCUT2D eigenvalue weighted by atomic mass is 10.0. The minimum atomic E-state index is -4.33. The number of alkyl halides is 3. The topological polar surface area (TPSA) is 29.3 Å². The zero-order valence-electron chi connectivity index (χ0n) is 9.59. The Bertz CT molecular complexity index is 415. The summed E-state index contributed by atoms with van der Waals surface area (Å²) >= 11 is 0. The van der Waals surface area contributed by atoms with Crippen molar-refractivity contribution in [2.24, 2.45) is 5.73 Å². The molecule has 0 saturated carbocycles. The van der Waals surface area contributed by atoms with Gasteiger partial charge in [-0.2, -0.15) is 13.2 Å². The molecule has 1 fully saturated rings. The highest BCUT2D eigenvalue weighted by Crippen LogP contribution is 2.36. The third-order valence-electron chi connectivity index (χ3n) is 3.27. The molecule has 0 bridgehead atoms. The zero-order valence-corrected chi connectivity index (χ0v) is 9.59. The molecule has 2 N–H and O–H groups in total. The number of nitrogens with two attached hydrogens (primary N) is 1. The fourth-order valence-corrected chi connectivity index (χ4v) is 2.08. The molecule has 94 valence electrons. The van der Waals surface area contributed by atoms with Crippen molar-refractivity contribution in [1.82, 2.24) is 0 Å². The summed E-state index contributed by atoms with van der Waals surface area (Å²) in [5, 5.41) is 0. The lowest BCUT2D eigenvalue weighted by Gasteiger charge is -2.41. The van der Waals surface area contributed by atoms with Crippen LogP contribution in [0, 0.1) is 0 Å². The summed E-state index contributed by atoms with van der Waals surface area (Å²) in [5.74, 6) is 0. The average Bonchev–Trinajstić information content (AvgIpc) is 2.26. The Morgan fingerprint density at radius 1 is 1.41 bits per heavy atom. The average molecular weight is 244 g/mol. The molecule has 1 aliphatic rings. The molecule has 1 aliphatic heterocycles. The second kappa shape index (κ2) is 4.22. The quantitative estimate of drug-likeness (QED) is 0.866. The molecule has 1 atom stereocenters. The summed E-state index contributed by atoms with van der Waals surface area (Å²) < 4.78 is 38.5. The Kier molecular flexibility index (Phi) is 3.03. The standard InChI is InChI=1S/C12H15F3N2/c1-8-4-5-17(8)10-3-2-9(7-16)11(6-10)12(13,14)15/h2-3,6,8H,4-5,7,16H2,1H3. The van der Waals surface area contributed by atoms with Gasteiger partial charge in [0.2, 0.25) is 0 Å². The SMILES string of the molecule is CC1CCN1c1ccc(CN)c(C(F)(F)F)c1. The summed E-state index contributed by atoms with van der Waals surface area (Å²) in [7, 11) is 0. The highest BCUT2D eigenvalue weighted by atomic mass is 19.4. The van der Waals surface area contributed by atoms with Gasteiger partial charge in [0.05, 0.1) is 5.56 Å². The van der Waals surface area contributed by atoms with Crippen LogP contribution in [-0.2, 0) is 12.7 Å². The summed E-state index contributed by atoms with van der Waals surface area (Å²) in [6.45, 7) is 2.73. The van der Waals surface area contributed by atoms with Crippen LogP contribution in [0.1, 0.15) is 24.5 Å². The van der Waals surface area contributed by atoms with Crippen molar-refractivity contribution in [3.63, 3.8) is 0 Å². The van der Waals surface area contributed by atoms with Crippen LogP contribution in [0.5, 0.6) is 0 Å². The van der Waals surface area contributed by atoms with E-state index in [4.69, 9.17) is 5.73 Å². The Hall–Kier alpha value is -1.23. The van der Waals surface area contributed by atoms with E-state index in [0.29, 0.717) is 11.7 Å². The molecule has 1 aromatic carbocycles. The number of benzene rings is 1. The minimum absolute atomic E-state index is 0.0926. The van der Waals surface area contributed by atoms with E-state index in [0.717, 1.165) is 13.0 Å². The van der Waals surface area contributed by atoms with Gasteiger partial charge >= 0.3 is 6.18 Å². The Balaban J connectivity index is 2.38. The third-order valence-corrected chi connectivity index (χ3v) is 3.27. The van der Waals surface area contributed by atoms with Crippen LogP contribution in [0.4, 0.5) is 18.9 Å². The van der Waals surface area contributed by atoms with Gasteiger partial charge in [0.15, 0.2) is 0 Å². The first-order valence-electron chi connectivity index (χ1n) is 5.60. The van der Waals surface area contributed by atoms with E-state index < -0.39 is 11.7 Å². The zero-order chi connectivity index (χ0) is 12.6. The van der Waals surface area contributed by atoms with Crippen LogP contribution in [0.2, 0.25) is 0 Å². The summed E-state index contributed by atoms with van der Waals surface area (Å²) in [6.07, 6.45) is -3.31. The van der Waals surface area contributed by atoms with E-state index in [1.54, 1.807) is 6.07 Å². The molecule has 1 heterocycles. The summed E-state index contributed by atoms with van der Waals surface area (Å²) in [6, 6.07) is 4.72. The molecule has 1 saturated heterocycles. The monoisotopic (exact) mass is 244 g/mol. The van der Waals surface area contributed by atoms with Crippen molar-refractivity contribution >= 4 is 5.69 Å². The van der Waals surface area contributed by atoms with Crippen LogP contribution >= 0.6 is 0 Å². The van der Waals surface area contributed by atoms with Crippen LogP contribution in [-0.4, -0.2) is 12.6 Å². The molecular formula is C12H15F3N2. The Labute approximate surface area is 98.2 Å². The second-order valence-electron chi connectivity index (χ2n) is 4.37. The van der Waals surface area contributed by atoms with Crippen molar-refractivity contribution in [2.75, 3.05) is 11.4 Å². The fourth-order valence-electron chi connectivity index (χ4n) is 2.08. The van der Waals surface area contributed by atoms with E-state index in [2.05, 4.69) is 0 Å². The number of hydrogen-bond acceptors (Lipinski definition) is 2. The van der Waals surface area contributed by atoms with Crippen LogP contribution < -0.4 is 10.6 Å². The summed E-state index contributed by atoms with van der Waals surface area (Å²) in [4.78, 5) is 1.97. The fraction of sp³-hybridized carbons (Fsp3) is 0.500. The van der Waals surface area contributed by atoms with E-state index in [1.165, 1.54) is 12.1 Å². The van der Waals surface area contributed by atoms with Gasteiger partial charge in [-0.25, -0.2) is 0 Å². The predicted molar refractivity (Wildman–Crippen MR) is 60.8 cm³/mol. The first-order valence-corrected chi connectivity index (χ1v) is 5.60. The molecule has 1 aromatic rings. The largest absolute Gasteiger partial charge is 0.416 e. The smallest absolute Gasteiger partial charge is 0.369 e. The molecule has 0 spiro atoms. The molecule has 5 heteroatoms. The minimum Gasteiger partial charge on any atom is -0.369 e. The first-order chi connectivity index (χ1) is 7.93. The second-order valence-corrected chi connectivity index (χ2v) is 4.37. The molecule has 0 aromatic heterocycles. The van der Waals surface area contributed by atoms with E-state index in [9.17, 15) is 13.2 Å². The lowest BCUT2D eigenvalue weighted by Crippen LogP contribution is -2.45. The molecule has 17 heavy (non-hydrogen) atoms. The lowest BCUT2D eigenvalue weighted by molar-refractivity contribution is -0.138. The maximum absolute atomic E-state index is 12.8. The van der Waals surface area contributed by atoms with Crippen LogP contribution in [0.3, 0.4) is 0 Å². The highest BCUT2D eigenvalue weighted by Gasteiger charge is 2.34. The van der Waals surface area contributed by atoms with Gasteiger partial charge in [-0.3, -0.25) is 0 Å². The van der Waals surface area contributed by atoms with E-state index in [-0.39, 0.29) is 12.1 Å². The molecule has 0 radical (unpaired) electrons. The Morgan fingerprint density at radius 2 is 2.12 bits per heavy atom. The van der Waals surface area contributed by atoms with Crippen molar-refractivity contribution in [3.8, 4) is 0 Å². The highest BCUT2D eigenvalue weighted by molar-refractivity contribution is 5.54. The van der Waals surface area contributed by atoms with Crippen molar-refractivity contribution in [1.29, 1.82) is 0 Å². The predicted octanol–water partition coefficient (Wildman–Crippen LogP) is 2.76. The molecule has 0 amide bonds. The molecule has 2 nitrogen and oxygen atoms in total. The van der Waals surface area contributed by atoms with Gasteiger partial charge < -0.3 is 10.6 Å². The third kappa shape index (κ3) is 2.24. The number of halogens is 3. The van der Waals surface area contributed by atoms with Gasteiger partial charge in [-0.15, -0.1) is 0 Å². The van der Waals surface area contributed by atoms with Gasteiger partial charge in [0, 0.05) is 24.8 Å². The van der Waals surface area contributed by atoms with Gasteiger partial charge in [0.1, 0.15) is 0 Å². The molecule has 1 unspecified atom stereocenters.